The maximum absolute atomic E-state index is 13.0. The van der Waals surface area contributed by atoms with Crippen molar-refractivity contribution in [3.8, 4) is 11.5 Å². The van der Waals surface area contributed by atoms with E-state index in [1.165, 1.54) is 22.8 Å². The van der Waals surface area contributed by atoms with Gasteiger partial charge in [0.05, 0.1) is 6.42 Å². The molecule has 2 unspecified atom stereocenters. The van der Waals surface area contributed by atoms with Crippen LogP contribution in [0.2, 0.25) is 0 Å². The number of nitrogen functional groups attached to an aromatic ring is 1. The maximum Gasteiger partial charge on any atom is 0.186 e. The standard InChI is InChI=1S/C46H59N3O6/c1-33(30-48-2)23-35(14-8-22-50)13-7-15-42(52)29-43(53)21-20-38-27-45(55-32-51)44(54)26-40(38)25-41-31-49-46(47)28-39(41)19-18-37-12-6-11-36(24-37)17-16-34-9-4-3-5-10-34/h3-6,9-12,20-21,24,26-28,31,33,35,48,50-51,54H,7-8,13-19,22-23,25,29-30,32H2,1-2H3,(H2,47,49). The molecule has 3 aromatic carbocycles. The summed E-state index contributed by atoms with van der Waals surface area (Å²) in [5.41, 5.74) is 13.3. The minimum Gasteiger partial charge on any atom is -0.504 e. The molecule has 0 spiro atoms. The maximum atomic E-state index is 13.0. The fourth-order valence-electron chi connectivity index (χ4n) is 7.29. The number of rotatable bonds is 25. The number of allylic oxidation sites excluding steroid dienone is 1. The Morgan fingerprint density at radius 3 is 2.31 bits per heavy atom. The number of phenolic OH excluding ortho intramolecular Hbond substituents is 1. The summed E-state index contributed by atoms with van der Waals surface area (Å²) in [6.07, 6.45) is 13.1. The number of phenols is 1. The van der Waals surface area contributed by atoms with E-state index in [2.05, 4.69) is 65.8 Å². The number of ether oxygens (including phenoxy) is 1. The molecule has 9 nitrogen and oxygen atoms in total. The Morgan fingerprint density at radius 1 is 0.873 bits per heavy atom. The molecule has 9 heteroatoms. The number of aliphatic hydroxyl groups excluding tert-OH is 2. The lowest BCUT2D eigenvalue weighted by atomic mass is 9.87. The number of aromatic hydroxyl groups is 1. The second kappa shape index (κ2) is 23.2. The fourth-order valence-corrected chi connectivity index (χ4v) is 7.29. The van der Waals surface area contributed by atoms with Gasteiger partial charge in [-0.1, -0.05) is 74.0 Å². The third-order valence-electron chi connectivity index (χ3n) is 10.1. The summed E-state index contributed by atoms with van der Waals surface area (Å²) in [5.74, 6) is 0.881. The zero-order valence-electron chi connectivity index (χ0n) is 32.5. The summed E-state index contributed by atoms with van der Waals surface area (Å²) in [4.78, 5) is 30.2. The molecule has 1 aromatic heterocycles. The van der Waals surface area contributed by atoms with Gasteiger partial charge in [0.15, 0.2) is 24.1 Å². The van der Waals surface area contributed by atoms with Crippen LogP contribution in [0, 0.1) is 11.8 Å². The van der Waals surface area contributed by atoms with E-state index in [0.717, 1.165) is 74.6 Å². The largest absolute Gasteiger partial charge is 0.504 e. The third kappa shape index (κ3) is 15.1. The van der Waals surface area contributed by atoms with Crippen LogP contribution in [0.5, 0.6) is 11.5 Å². The molecule has 0 saturated heterocycles. The molecule has 0 amide bonds. The smallest absolute Gasteiger partial charge is 0.186 e. The van der Waals surface area contributed by atoms with Crippen LogP contribution >= 0.6 is 0 Å². The molecular weight excluding hydrogens is 691 g/mol. The SMILES string of the molecule is CNCC(C)CC(CCCO)CCCC(=O)CC(=O)C=Cc1cc(OCO)c(O)cc1Cc1cnc(N)cc1CCc1cccc(CCc2ccccc2)c1. The molecule has 0 radical (unpaired) electrons. The molecule has 0 saturated carbocycles. The Balaban J connectivity index is 1.42. The minimum absolute atomic E-state index is 0.0806. The Hall–Kier alpha value is -4.83. The number of carbonyl (C=O) groups is 2. The summed E-state index contributed by atoms with van der Waals surface area (Å²) in [5, 5.41) is 32.7. The Morgan fingerprint density at radius 2 is 1.58 bits per heavy atom. The van der Waals surface area contributed by atoms with Gasteiger partial charge in [0.1, 0.15) is 11.6 Å². The number of anilines is 1. The van der Waals surface area contributed by atoms with Crippen molar-refractivity contribution in [3.63, 3.8) is 0 Å². The first-order valence-corrected chi connectivity index (χ1v) is 19.6. The van der Waals surface area contributed by atoms with Crippen LogP contribution < -0.4 is 15.8 Å². The minimum atomic E-state index is -0.627. The number of aryl methyl sites for hydroxylation is 4. The van der Waals surface area contributed by atoms with Gasteiger partial charge in [-0.3, -0.25) is 9.59 Å². The second-order valence-corrected chi connectivity index (χ2v) is 14.7. The zero-order valence-corrected chi connectivity index (χ0v) is 32.5. The van der Waals surface area contributed by atoms with Gasteiger partial charge in [-0.25, -0.2) is 4.98 Å². The van der Waals surface area contributed by atoms with Gasteiger partial charge in [-0.15, -0.1) is 0 Å². The van der Waals surface area contributed by atoms with Gasteiger partial charge in [0, 0.05) is 19.2 Å². The Bertz CT molecular complexity index is 1830. The van der Waals surface area contributed by atoms with E-state index in [4.69, 9.17) is 10.5 Å². The van der Waals surface area contributed by atoms with Crippen LogP contribution in [0.15, 0.2) is 85.1 Å². The number of nitrogens with one attached hydrogen (secondary N) is 1. The molecule has 4 rings (SSSR count). The summed E-state index contributed by atoms with van der Waals surface area (Å²) < 4.78 is 5.24. The molecular formula is C46H59N3O6. The number of pyridine rings is 1. The van der Waals surface area contributed by atoms with Crippen molar-refractivity contribution in [2.45, 2.75) is 84.0 Å². The van der Waals surface area contributed by atoms with E-state index < -0.39 is 6.79 Å². The monoisotopic (exact) mass is 749 g/mol. The Labute approximate surface area is 326 Å². The van der Waals surface area contributed by atoms with Crippen molar-refractivity contribution in [3.05, 3.63) is 124 Å². The summed E-state index contributed by atoms with van der Waals surface area (Å²) in [6.45, 7) is 2.67. The summed E-state index contributed by atoms with van der Waals surface area (Å²) in [6, 6.07) is 24.2. The van der Waals surface area contributed by atoms with Crippen molar-refractivity contribution in [2.24, 2.45) is 11.8 Å². The molecule has 55 heavy (non-hydrogen) atoms. The third-order valence-corrected chi connectivity index (χ3v) is 10.1. The number of aromatic nitrogens is 1. The first-order chi connectivity index (χ1) is 26.7. The van der Waals surface area contributed by atoms with Gasteiger partial charge < -0.3 is 31.1 Å². The molecule has 0 aliphatic carbocycles. The number of hydrogen-bond donors (Lipinski definition) is 5. The molecule has 1 heterocycles. The van der Waals surface area contributed by atoms with E-state index in [0.29, 0.717) is 42.5 Å². The second-order valence-electron chi connectivity index (χ2n) is 14.7. The van der Waals surface area contributed by atoms with E-state index in [-0.39, 0.29) is 36.1 Å². The molecule has 0 aliphatic rings. The van der Waals surface area contributed by atoms with Crippen LogP contribution in [0.3, 0.4) is 0 Å². The van der Waals surface area contributed by atoms with E-state index >= 15 is 0 Å². The highest BCUT2D eigenvalue weighted by atomic mass is 16.6. The van der Waals surface area contributed by atoms with Gasteiger partial charge >= 0.3 is 0 Å². The van der Waals surface area contributed by atoms with E-state index in [1.807, 2.05) is 19.2 Å². The van der Waals surface area contributed by atoms with Crippen LogP contribution in [0.25, 0.3) is 6.08 Å². The van der Waals surface area contributed by atoms with Crippen molar-refractivity contribution in [1.29, 1.82) is 0 Å². The Kier molecular flexibility index (Phi) is 18.1. The fraction of sp³-hybridized carbons (Fsp3) is 0.413. The number of benzene rings is 3. The number of Topliss-reactive ketones (excluding diaryl/α,β-unsaturated/α-hetero) is 1. The number of carbonyl (C=O) groups excluding carboxylic acids is 2. The molecule has 294 valence electrons. The lowest BCUT2D eigenvalue weighted by molar-refractivity contribution is -0.124. The predicted octanol–water partition coefficient (Wildman–Crippen LogP) is 7.21. The van der Waals surface area contributed by atoms with E-state index in [1.54, 1.807) is 24.4 Å². The summed E-state index contributed by atoms with van der Waals surface area (Å²) >= 11 is 0. The predicted molar refractivity (Wildman–Crippen MR) is 220 cm³/mol. The molecule has 0 bridgehead atoms. The van der Waals surface area contributed by atoms with Crippen molar-refractivity contribution >= 4 is 23.5 Å². The normalized spacial score (nSPS) is 12.5. The quantitative estimate of drug-likeness (QED) is 0.0269. The van der Waals surface area contributed by atoms with Crippen LogP contribution in [-0.4, -0.2) is 58.9 Å². The van der Waals surface area contributed by atoms with Gasteiger partial charge in [0.25, 0.3) is 0 Å². The van der Waals surface area contributed by atoms with Crippen molar-refractivity contribution < 1.29 is 29.6 Å². The van der Waals surface area contributed by atoms with Gasteiger partial charge in [-0.05, 0) is 146 Å². The van der Waals surface area contributed by atoms with Crippen molar-refractivity contribution in [1.82, 2.24) is 10.3 Å². The molecule has 0 fully saturated rings. The van der Waals surface area contributed by atoms with Crippen LogP contribution in [0.1, 0.15) is 90.8 Å². The average Bonchev–Trinajstić information content (AvgIpc) is 3.17. The number of nitrogens with two attached hydrogens (primary N) is 1. The van der Waals surface area contributed by atoms with Gasteiger partial charge in [0.2, 0.25) is 0 Å². The zero-order chi connectivity index (χ0) is 39.4. The number of aliphatic hydroxyl groups is 2. The van der Waals surface area contributed by atoms with Crippen LogP contribution in [-0.2, 0) is 41.7 Å². The van der Waals surface area contributed by atoms with Crippen LogP contribution in [0.4, 0.5) is 5.82 Å². The highest BCUT2D eigenvalue weighted by Gasteiger charge is 2.16. The topological polar surface area (TPSA) is 155 Å². The lowest BCUT2D eigenvalue weighted by Crippen LogP contribution is -2.19. The lowest BCUT2D eigenvalue weighted by Gasteiger charge is -2.20. The highest BCUT2D eigenvalue weighted by Crippen LogP contribution is 2.33. The summed E-state index contributed by atoms with van der Waals surface area (Å²) in [7, 11) is 1.94. The molecule has 4 aromatic rings. The van der Waals surface area contributed by atoms with Gasteiger partial charge in [-0.2, -0.15) is 0 Å². The number of ketones is 2. The number of hydrogen-bond acceptors (Lipinski definition) is 9. The highest BCUT2D eigenvalue weighted by molar-refractivity contribution is 6.06. The molecule has 2 atom stereocenters. The van der Waals surface area contributed by atoms with E-state index in [9.17, 15) is 24.9 Å². The first kappa shape index (κ1) is 42.9. The molecule has 0 aliphatic heterocycles. The average molecular weight is 750 g/mol. The number of nitrogens with zero attached hydrogens (tertiary/aromatic N) is 1. The molecule has 6 N–H and O–H groups in total. The first-order valence-electron chi connectivity index (χ1n) is 19.6. The van der Waals surface area contributed by atoms with Crippen molar-refractivity contribution in [2.75, 3.05) is 32.7 Å².